The second-order valence-electron chi connectivity index (χ2n) is 7.02. The number of carbonyl (C=O) groups excluding carboxylic acids is 2. The molecular formula is C23H23N3O4. The van der Waals surface area contributed by atoms with Crippen LogP contribution >= 0.6 is 0 Å². The van der Waals surface area contributed by atoms with Crippen LogP contribution < -0.4 is 15.4 Å². The Kier molecular flexibility index (Phi) is 6.10. The van der Waals surface area contributed by atoms with Crippen LogP contribution in [0.1, 0.15) is 21.7 Å². The molecule has 0 unspecified atom stereocenters. The summed E-state index contributed by atoms with van der Waals surface area (Å²) in [4.78, 5) is 27.3. The Hall–Kier alpha value is -3.58. The monoisotopic (exact) mass is 405 g/mol. The number of rotatable bonds is 6. The van der Waals surface area contributed by atoms with Crippen molar-refractivity contribution in [2.75, 3.05) is 25.0 Å². The molecule has 2 N–H and O–H groups in total. The maximum absolute atomic E-state index is 12.7. The van der Waals surface area contributed by atoms with E-state index in [1.165, 1.54) is 0 Å². The lowest BCUT2D eigenvalue weighted by Gasteiger charge is -2.19. The van der Waals surface area contributed by atoms with Crippen molar-refractivity contribution < 1.29 is 18.7 Å². The number of benzene rings is 2. The van der Waals surface area contributed by atoms with E-state index in [4.69, 9.17) is 9.15 Å². The van der Waals surface area contributed by atoms with Gasteiger partial charge in [-0.25, -0.2) is 0 Å². The van der Waals surface area contributed by atoms with Gasteiger partial charge in [-0.15, -0.1) is 0 Å². The molecule has 3 aromatic rings. The molecular weight excluding hydrogens is 382 g/mol. The molecule has 0 spiro atoms. The first-order chi connectivity index (χ1) is 14.7. The fourth-order valence-electron chi connectivity index (χ4n) is 3.37. The van der Waals surface area contributed by atoms with Gasteiger partial charge in [-0.1, -0.05) is 30.3 Å². The summed E-state index contributed by atoms with van der Waals surface area (Å²) in [6.07, 6.45) is 1.56. The minimum atomic E-state index is -0.278. The maximum atomic E-state index is 12.7. The van der Waals surface area contributed by atoms with Crippen LogP contribution in [-0.4, -0.2) is 36.4 Å². The summed E-state index contributed by atoms with van der Waals surface area (Å²) in [5.74, 6) is 1.06. The molecule has 7 heteroatoms. The Morgan fingerprint density at radius 3 is 2.70 bits per heavy atom. The van der Waals surface area contributed by atoms with Crippen LogP contribution in [0.15, 0.2) is 71.3 Å². The van der Waals surface area contributed by atoms with Crippen molar-refractivity contribution in [1.29, 1.82) is 0 Å². The van der Waals surface area contributed by atoms with Crippen LogP contribution in [-0.2, 0) is 17.9 Å². The van der Waals surface area contributed by atoms with Gasteiger partial charge in [0.25, 0.3) is 5.91 Å². The molecule has 1 aromatic heterocycles. The average Bonchev–Trinajstić information content (AvgIpc) is 3.19. The first-order valence-corrected chi connectivity index (χ1v) is 9.81. The number of nitrogens with zero attached hydrogens (tertiary/aromatic N) is 1. The lowest BCUT2D eigenvalue weighted by Crippen LogP contribution is -2.35. The molecule has 4 rings (SSSR count). The largest absolute Gasteiger partial charge is 0.492 e. The van der Waals surface area contributed by atoms with E-state index in [1.807, 2.05) is 29.2 Å². The smallest absolute Gasteiger partial charge is 0.253 e. The number of anilines is 1. The van der Waals surface area contributed by atoms with Gasteiger partial charge >= 0.3 is 0 Å². The second kappa shape index (κ2) is 9.28. The van der Waals surface area contributed by atoms with Crippen molar-refractivity contribution >= 4 is 17.5 Å². The normalized spacial score (nSPS) is 13.6. The predicted molar refractivity (Wildman–Crippen MR) is 112 cm³/mol. The molecule has 30 heavy (non-hydrogen) atoms. The third kappa shape index (κ3) is 4.87. The molecule has 0 radical (unpaired) electrons. The minimum absolute atomic E-state index is 0.180. The SMILES string of the molecule is O=C(CN1CCOc2ccccc2C1)Nc1ccccc1C(=O)NCc1ccco1. The summed E-state index contributed by atoms with van der Waals surface area (Å²) in [6.45, 7) is 2.29. The standard InChI is InChI=1S/C23H23N3O4/c27-22(16-26-11-13-30-21-10-4-1-6-17(21)15-26)25-20-9-3-2-8-19(20)23(28)24-14-18-7-5-12-29-18/h1-10,12H,11,13-16H2,(H,24,28)(H,25,27). The molecule has 2 amide bonds. The van der Waals surface area contributed by atoms with E-state index in [1.54, 1.807) is 42.7 Å². The van der Waals surface area contributed by atoms with E-state index in [9.17, 15) is 9.59 Å². The van der Waals surface area contributed by atoms with E-state index in [2.05, 4.69) is 10.6 Å². The topological polar surface area (TPSA) is 83.8 Å². The number of furan rings is 1. The zero-order valence-electron chi connectivity index (χ0n) is 16.5. The van der Waals surface area contributed by atoms with Gasteiger partial charge in [0.15, 0.2) is 0 Å². The van der Waals surface area contributed by atoms with E-state index in [0.717, 1.165) is 11.3 Å². The molecule has 2 heterocycles. The zero-order chi connectivity index (χ0) is 20.8. The Bertz CT molecular complexity index is 1020. The van der Waals surface area contributed by atoms with Gasteiger partial charge in [0.2, 0.25) is 5.91 Å². The van der Waals surface area contributed by atoms with Crippen molar-refractivity contribution in [3.05, 3.63) is 83.8 Å². The third-order valence-corrected chi connectivity index (χ3v) is 4.85. The number of carbonyl (C=O) groups is 2. The number of hydrogen-bond donors (Lipinski definition) is 2. The molecule has 0 bridgehead atoms. The van der Waals surface area contributed by atoms with Crippen LogP contribution in [0, 0.1) is 0 Å². The fourth-order valence-corrected chi connectivity index (χ4v) is 3.37. The van der Waals surface area contributed by atoms with Gasteiger partial charge in [-0.2, -0.15) is 0 Å². The van der Waals surface area contributed by atoms with E-state index < -0.39 is 0 Å². The molecule has 1 aliphatic rings. The molecule has 154 valence electrons. The highest BCUT2D eigenvalue weighted by molar-refractivity contribution is 6.04. The summed E-state index contributed by atoms with van der Waals surface area (Å²) in [6, 6.07) is 18.4. The van der Waals surface area contributed by atoms with E-state index in [-0.39, 0.29) is 24.9 Å². The molecule has 1 aliphatic heterocycles. The summed E-state index contributed by atoms with van der Waals surface area (Å²) < 4.78 is 11.0. The first kappa shape index (κ1) is 19.7. The quantitative estimate of drug-likeness (QED) is 0.659. The van der Waals surface area contributed by atoms with Crippen molar-refractivity contribution in [3.63, 3.8) is 0 Å². The molecule has 0 saturated heterocycles. The second-order valence-corrected chi connectivity index (χ2v) is 7.02. The summed E-state index contributed by atoms with van der Waals surface area (Å²) >= 11 is 0. The van der Waals surface area contributed by atoms with Crippen molar-refractivity contribution in [2.24, 2.45) is 0 Å². The summed E-state index contributed by atoms with van der Waals surface area (Å²) in [7, 11) is 0. The van der Waals surface area contributed by atoms with Crippen LogP contribution in [0.5, 0.6) is 5.75 Å². The zero-order valence-corrected chi connectivity index (χ0v) is 16.5. The van der Waals surface area contributed by atoms with Gasteiger partial charge in [0, 0.05) is 18.7 Å². The predicted octanol–water partition coefficient (Wildman–Crippen LogP) is 3.04. The Morgan fingerprint density at radius 1 is 1.00 bits per heavy atom. The minimum Gasteiger partial charge on any atom is -0.492 e. The fraction of sp³-hybridized carbons (Fsp3) is 0.217. The van der Waals surface area contributed by atoms with Crippen LogP contribution in [0.4, 0.5) is 5.69 Å². The third-order valence-electron chi connectivity index (χ3n) is 4.85. The van der Waals surface area contributed by atoms with Gasteiger partial charge < -0.3 is 19.8 Å². The van der Waals surface area contributed by atoms with Crippen molar-refractivity contribution in [2.45, 2.75) is 13.1 Å². The number of amides is 2. The average molecular weight is 405 g/mol. The number of nitrogens with one attached hydrogen (secondary N) is 2. The highest BCUT2D eigenvalue weighted by Gasteiger charge is 2.19. The summed E-state index contributed by atoms with van der Waals surface area (Å²) in [5.41, 5.74) is 1.94. The van der Waals surface area contributed by atoms with Gasteiger partial charge in [-0.05, 0) is 30.3 Å². The van der Waals surface area contributed by atoms with Gasteiger partial charge in [-0.3, -0.25) is 14.5 Å². The number of fused-ring (bicyclic) bond motifs is 1. The molecule has 0 atom stereocenters. The van der Waals surface area contributed by atoms with Crippen LogP contribution in [0.2, 0.25) is 0 Å². The van der Waals surface area contributed by atoms with Crippen molar-refractivity contribution in [1.82, 2.24) is 10.2 Å². The Balaban J connectivity index is 1.38. The lowest BCUT2D eigenvalue weighted by atomic mass is 10.1. The van der Waals surface area contributed by atoms with Gasteiger partial charge in [0.05, 0.1) is 30.6 Å². The molecule has 7 nitrogen and oxygen atoms in total. The first-order valence-electron chi connectivity index (χ1n) is 9.81. The highest BCUT2D eigenvalue weighted by Crippen LogP contribution is 2.22. The summed E-state index contributed by atoms with van der Waals surface area (Å²) in [5, 5.41) is 5.68. The van der Waals surface area contributed by atoms with Crippen LogP contribution in [0.25, 0.3) is 0 Å². The number of ether oxygens (including phenoxy) is 1. The number of para-hydroxylation sites is 2. The Labute approximate surface area is 174 Å². The van der Waals surface area contributed by atoms with Crippen LogP contribution in [0.3, 0.4) is 0 Å². The number of hydrogen-bond acceptors (Lipinski definition) is 5. The van der Waals surface area contributed by atoms with Crippen molar-refractivity contribution in [3.8, 4) is 5.75 Å². The van der Waals surface area contributed by atoms with E-state index >= 15 is 0 Å². The molecule has 0 saturated carbocycles. The lowest BCUT2D eigenvalue weighted by molar-refractivity contribution is -0.117. The molecule has 0 fully saturated rings. The molecule has 0 aliphatic carbocycles. The van der Waals surface area contributed by atoms with E-state index in [0.29, 0.717) is 36.7 Å². The Morgan fingerprint density at radius 2 is 1.83 bits per heavy atom. The van der Waals surface area contributed by atoms with Gasteiger partial charge in [0.1, 0.15) is 18.1 Å². The maximum Gasteiger partial charge on any atom is 0.253 e. The highest BCUT2D eigenvalue weighted by atomic mass is 16.5. The molecule has 2 aromatic carbocycles.